The summed E-state index contributed by atoms with van der Waals surface area (Å²) in [6, 6.07) is 11.4. The van der Waals surface area contributed by atoms with E-state index in [9.17, 15) is 4.79 Å². The molecule has 0 aliphatic heterocycles. The van der Waals surface area contributed by atoms with Crippen molar-refractivity contribution in [3.05, 3.63) is 48.8 Å². The third-order valence-electron chi connectivity index (χ3n) is 3.64. The number of carbonyl (C=O) groups is 1. The van der Waals surface area contributed by atoms with Crippen molar-refractivity contribution in [1.29, 1.82) is 0 Å². The maximum atomic E-state index is 11.5. The maximum absolute atomic E-state index is 11.5. The van der Waals surface area contributed by atoms with Gasteiger partial charge in [-0.1, -0.05) is 11.8 Å². The van der Waals surface area contributed by atoms with Gasteiger partial charge in [-0.2, -0.15) is 0 Å². The van der Waals surface area contributed by atoms with Crippen LogP contribution in [0.3, 0.4) is 0 Å². The quantitative estimate of drug-likeness (QED) is 0.643. The fraction of sp³-hybridized carbons (Fsp3) is 0.222. The highest BCUT2D eigenvalue weighted by Crippen LogP contribution is 2.30. The first kappa shape index (κ1) is 17.9. The molecule has 8 heteroatoms. The Bertz CT molecular complexity index is 880. The number of benzene rings is 1. The molecule has 2 aromatic heterocycles. The molecule has 1 amide bonds. The molecule has 7 nitrogen and oxygen atoms in total. The number of primary amides is 1. The van der Waals surface area contributed by atoms with E-state index in [1.807, 2.05) is 47.9 Å². The van der Waals surface area contributed by atoms with Gasteiger partial charge < -0.3 is 10.5 Å². The van der Waals surface area contributed by atoms with Crippen LogP contribution in [-0.4, -0.2) is 37.5 Å². The van der Waals surface area contributed by atoms with E-state index in [2.05, 4.69) is 15.2 Å². The summed E-state index contributed by atoms with van der Waals surface area (Å²) in [5.41, 5.74) is 7.08. The average Bonchev–Trinajstić information content (AvgIpc) is 3.07. The molecule has 0 aliphatic carbocycles. The third-order valence-corrected chi connectivity index (χ3v) is 4.70. The summed E-state index contributed by atoms with van der Waals surface area (Å²) in [5, 5.41) is 8.72. The average molecular weight is 369 g/mol. The second kappa shape index (κ2) is 8.01. The minimum Gasteiger partial charge on any atom is -0.494 e. The van der Waals surface area contributed by atoms with Gasteiger partial charge in [0.25, 0.3) is 0 Å². The van der Waals surface area contributed by atoms with E-state index in [1.54, 1.807) is 19.3 Å². The van der Waals surface area contributed by atoms with Crippen LogP contribution >= 0.6 is 11.8 Å². The van der Waals surface area contributed by atoms with E-state index in [4.69, 9.17) is 10.5 Å². The Kier molecular flexibility index (Phi) is 5.52. The minimum atomic E-state index is -0.428. The molecule has 1 atom stereocenters. The first-order chi connectivity index (χ1) is 12.6. The Morgan fingerprint density at radius 3 is 2.65 bits per heavy atom. The Balaban J connectivity index is 2.06. The van der Waals surface area contributed by atoms with Crippen molar-refractivity contribution in [3.63, 3.8) is 0 Å². The maximum Gasteiger partial charge on any atom is 0.230 e. The van der Waals surface area contributed by atoms with Crippen molar-refractivity contribution in [2.45, 2.75) is 24.3 Å². The van der Waals surface area contributed by atoms with Gasteiger partial charge in [-0.15, -0.1) is 10.2 Å². The number of pyridine rings is 1. The van der Waals surface area contributed by atoms with Crippen LogP contribution in [0.1, 0.15) is 13.8 Å². The molecule has 0 saturated heterocycles. The summed E-state index contributed by atoms with van der Waals surface area (Å²) in [4.78, 5) is 15.6. The van der Waals surface area contributed by atoms with Gasteiger partial charge in [0.15, 0.2) is 11.0 Å². The van der Waals surface area contributed by atoms with Crippen LogP contribution < -0.4 is 10.5 Å². The summed E-state index contributed by atoms with van der Waals surface area (Å²) in [6.45, 7) is 4.28. The van der Waals surface area contributed by atoms with E-state index in [-0.39, 0.29) is 0 Å². The monoisotopic (exact) mass is 369 g/mol. The Morgan fingerprint density at radius 1 is 1.27 bits per heavy atom. The Morgan fingerprint density at radius 2 is 2.04 bits per heavy atom. The Labute approximate surface area is 155 Å². The van der Waals surface area contributed by atoms with E-state index in [0.29, 0.717) is 17.6 Å². The molecular weight excluding hydrogens is 350 g/mol. The fourth-order valence-electron chi connectivity index (χ4n) is 2.34. The molecule has 0 spiro atoms. The zero-order valence-electron chi connectivity index (χ0n) is 14.5. The number of carbonyl (C=O) groups excluding carboxylic acids is 1. The summed E-state index contributed by atoms with van der Waals surface area (Å²) in [7, 11) is 0. The summed E-state index contributed by atoms with van der Waals surface area (Å²) >= 11 is 1.27. The molecule has 0 radical (unpaired) electrons. The van der Waals surface area contributed by atoms with Crippen LogP contribution in [0.5, 0.6) is 5.75 Å². The molecule has 3 rings (SSSR count). The predicted molar refractivity (Wildman–Crippen MR) is 100 cm³/mol. The lowest BCUT2D eigenvalue weighted by molar-refractivity contribution is -0.117. The van der Waals surface area contributed by atoms with E-state index < -0.39 is 11.2 Å². The predicted octanol–water partition coefficient (Wildman–Crippen LogP) is 2.69. The molecule has 2 heterocycles. The molecular formula is C18H19N5O2S. The lowest BCUT2D eigenvalue weighted by atomic mass is 10.2. The largest absolute Gasteiger partial charge is 0.494 e. The first-order valence-electron chi connectivity index (χ1n) is 8.15. The zero-order valence-corrected chi connectivity index (χ0v) is 15.3. The number of rotatable bonds is 7. The van der Waals surface area contributed by atoms with Gasteiger partial charge in [0.1, 0.15) is 5.75 Å². The lowest BCUT2D eigenvalue weighted by Gasteiger charge is -2.12. The van der Waals surface area contributed by atoms with Crippen LogP contribution in [0, 0.1) is 0 Å². The molecule has 0 bridgehead atoms. The number of nitrogens with two attached hydrogens (primary N) is 1. The molecule has 3 aromatic rings. The zero-order chi connectivity index (χ0) is 18.5. The molecule has 0 saturated carbocycles. The minimum absolute atomic E-state index is 0.404. The number of hydrogen-bond donors (Lipinski definition) is 1. The SMILES string of the molecule is CCOc1ccc(-n2c(SC(C)C(N)=O)nnc2-c2cccnc2)cc1. The summed E-state index contributed by atoms with van der Waals surface area (Å²) < 4.78 is 7.39. The first-order valence-corrected chi connectivity index (χ1v) is 9.03. The van der Waals surface area contributed by atoms with Crippen molar-refractivity contribution in [2.75, 3.05) is 6.61 Å². The van der Waals surface area contributed by atoms with Crippen LogP contribution in [0.25, 0.3) is 17.1 Å². The van der Waals surface area contributed by atoms with Gasteiger partial charge in [-0.05, 0) is 50.2 Å². The van der Waals surface area contributed by atoms with Gasteiger partial charge in [0.05, 0.1) is 11.9 Å². The molecule has 0 aliphatic rings. The summed E-state index contributed by atoms with van der Waals surface area (Å²) in [6.07, 6.45) is 3.42. The van der Waals surface area contributed by atoms with Crippen molar-refractivity contribution in [2.24, 2.45) is 5.73 Å². The number of thioether (sulfide) groups is 1. The normalized spacial score (nSPS) is 11.9. The molecule has 26 heavy (non-hydrogen) atoms. The topological polar surface area (TPSA) is 95.9 Å². The molecule has 1 unspecified atom stereocenters. The van der Waals surface area contributed by atoms with Crippen LogP contribution in [0.2, 0.25) is 0 Å². The number of ether oxygens (including phenoxy) is 1. The number of hydrogen-bond acceptors (Lipinski definition) is 6. The molecule has 2 N–H and O–H groups in total. The lowest BCUT2D eigenvalue weighted by Crippen LogP contribution is -2.23. The van der Waals surface area contributed by atoms with Crippen LogP contribution in [-0.2, 0) is 4.79 Å². The smallest absolute Gasteiger partial charge is 0.230 e. The van der Waals surface area contributed by atoms with Gasteiger partial charge in [0.2, 0.25) is 5.91 Å². The van der Waals surface area contributed by atoms with Gasteiger partial charge in [-0.3, -0.25) is 14.3 Å². The summed E-state index contributed by atoms with van der Waals surface area (Å²) in [5.74, 6) is 1.02. The highest BCUT2D eigenvalue weighted by Gasteiger charge is 2.20. The standard InChI is InChI=1S/C18H19N5O2S/c1-3-25-15-8-6-14(7-9-15)23-17(13-5-4-10-20-11-13)21-22-18(23)26-12(2)16(19)24/h4-12H,3H2,1-2H3,(H2,19,24). The van der Waals surface area contributed by atoms with Crippen LogP contribution in [0.15, 0.2) is 53.9 Å². The van der Waals surface area contributed by atoms with Crippen molar-refractivity contribution in [3.8, 4) is 22.8 Å². The highest BCUT2D eigenvalue weighted by atomic mass is 32.2. The molecule has 134 valence electrons. The van der Waals surface area contributed by atoms with E-state index in [1.165, 1.54) is 11.8 Å². The van der Waals surface area contributed by atoms with Crippen molar-refractivity contribution < 1.29 is 9.53 Å². The number of nitrogens with zero attached hydrogens (tertiary/aromatic N) is 4. The fourth-order valence-corrected chi connectivity index (χ4v) is 3.15. The van der Waals surface area contributed by atoms with Crippen molar-refractivity contribution >= 4 is 17.7 Å². The van der Waals surface area contributed by atoms with Crippen molar-refractivity contribution in [1.82, 2.24) is 19.7 Å². The second-order valence-corrected chi connectivity index (χ2v) is 6.78. The van der Waals surface area contributed by atoms with Gasteiger partial charge in [0, 0.05) is 23.6 Å². The number of aromatic nitrogens is 4. The van der Waals surface area contributed by atoms with E-state index >= 15 is 0 Å². The second-order valence-electron chi connectivity index (χ2n) is 5.47. The molecule has 1 aromatic carbocycles. The van der Waals surface area contributed by atoms with E-state index in [0.717, 1.165) is 17.0 Å². The number of amides is 1. The highest BCUT2D eigenvalue weighted by molar-refractivity contribution is 8.00. The van der Waals surface area contributed by atoms with Crippen LogP contribution in [0.4, 0.5) is 0 Å². The van der Waals surface area contributed by atoms with Gasteiger partial charge in [-0.25, -0.2) is 0 Å². The third kappa shape index (κ3) is 3.85. The Hall–Kier alpha value is -2.87. The molecule has 0 fully saturated rings. The van der Waals surface area contributed by atoms with Gasteiger partial charge >= 0.3 is 0 Å².